The molecule has 0 spiro atoms. The Morgan fingerprint density at radius 3 is 2.93 bits per heavy atom. The first-order chi connectivity index (χ1) is 6.77. The Hall–Kier alpha value is -0.940. The van der Waals surface area contributed by atoms with Crippen molar-refractivity contribution < 1.29 is 14.3 Å². The third kappa shape index (κ3) is 3.08. The number of hydrogen-bond acceptors (Lipinski definition) is 5. The van der Waals surface area contributed by atoms with E-state index in [-0.39, 0.29) is 5.97 Å². The highest BCUT2D eigenvalue weighted by atomic mass is 32.1. The summed E-state index contributed by atoms with van der Waals surface area (Å²) >= 11 is 1.41. The van der Waals surface area contributed by atoms with Crippen LogP contribution in [-0.2, 0) is 16.1 Å². The van der Waals surface area contributed by atoms with Gasteiger partial charge in [0.25, 0.3) is 0 Å². The van der Waals surface area contributed by atoms with Gasteiger partial charge < -0.3 is 9.47 Å². The molecule has 0 aromatic carbocycles. The lowest BCUT2D eigenvalue weighted by Gasteiger charge is -1.97. The van der Waals surface area contributed by atoms with Crippen molar-refractivity contribution in [1.82, 2.24) is 4.98 Å². The van der Waals surface area contributed by atoms with E-state index in [2.05, 4.69) is 4.98 Å². The molecule has 1 rings (SSSR count). The molecule has 1 aromatic rings. The van der Waals surface area contributed by atoms with E-state index in [9.17, 15) is 4.79 Å². The maximum atomic E-state index is 11.2. The van der Waals surface area contributed by atoms with E-state index >= 15 is 0 Å². The summed E-state index contributed by atoms with van der Waals surface area (Å²) < 4.78 is 9.98. The predicted octanol–water partition coefficient (Wildman–Crippen LogP) is 1.86. The minimum absolute atomic E-state index is 0.367. The zero-order valence-electron chi connectivity index (χ0n) is 8.28. The van der Waals surface area contributed by atoms with E-state index in [1.165, 1.54) is 11.3 Å². The summed E-state index contributed by atoms with van der Waals surface area (Å²) in [5.41, 5.74) is 0.367. The summed E-state index contributed by atoms with van der Waals surface area (Å²) in [4.78, 5) is 15.3. The van der Waals surface area contributed by atoms with Crippen molar-refractivity contribution in [2.45, 2.75) is 20.5 Å². The largest absolute Gasteiger partial charge is 0.461 e. The van der Waals surface area contributed by atoms with Crippen molar-refractivity contribution in [2.75, 3.05) is 13.2 Å². The van der Waals surface area contributed by atoms with E-state index in [0.717, 1.165) is 5.01 Å². The molecule has 0 aliphatic heterocycles. The Balaban J connectivity index is 2.54. The van der Waals surface area contributed by atoms with Crippen LogP contribution in [0.5, 0.6) is 0 Å². The fourth-order valence-electron chi connectivity index (χ4n) is 0.865. The second-order valence-corrected chi connectivity index (χ2v) is 3.43. The van der Waals surface area contributed by atoms with Crippen LogP contribution in [0.1, 0.15) is 29.3 Å². The molecule has 0 bridgehead atoms. The van der Waals surface area contributed by atoms with Crippen LogP contribution in [0.4, 0.5) is 0 Å². The first-order valence-electron chi connectivity index (χ1n) is 4.47. The summed E-state index contributed by atoms with van der Waals surface area (Å²) in [7, 11) is 0. The lowest BCUT2D eigenvalue weighted by Crippen LogP contribution is -2.05. The molecule has 5 heteroatoms. The average Bonchev–Trinajstić information content (AvgIpc) is 2.63. The van der Waals surface area contributed by atoms with Crippen LogP contribution in [-0.4, -0.2) is 24.2 Å². The van der Waals surface area contributed by atoms with Gasteiger partial charge in [0, 0.05) is 12.0 Å². The van der Waals surface area contributed by atoms with Gasteiger partial charge in [-0.1, -0.05) is 0 Å². The van der Waals surface area contributed by atoms with Gasteiger partial charge in [-0.2, -0.15) is 0 Å². The molecule has 0 saturated carbocycles. The molecule has 0 atom stereocenters. The van der Waals surface area contributed by atoms with Crippen LogP contribution >= 0.6 is 11.3 Å². The Morgan fingerprint density at radius 1 is 1.50 bits per heavy atom. The van der Waals surface area contributed by atoms with E-state index in [1.54, 1.807) is 12.3 Å². The number of ether oxygens (including phenoxy) is 2. The summed E-state index contributed by atoms with van der Waals surface area (Å²) in [6.07, 6.45) is 0. The van der Waals surface area contributed by atoms with Crippen LogP contribution in [0.15, 0.2) is 5.38 Å². The van der Waals surface area contributed by atoms with E-state index < -0.39 is 0 Å². The van der Waals surface area contributed by atoms with Crippen LogP contribution in [0.2, 0.25) is 0 Å². The van der Waals surface area contributed by atoms with Crippen molar-refractivity contribution in [3.05, 3.63) is 16.1 Å². The molecule has 0 radical (unpaired) electrons. The van der Waals surface area contributed by atoms with Crippen LogP contribution in [0.25, 0.3) is 0 Å². The zero-order chi connectivity index (χ0) is 10.4. The summed E-state index contributed by atoms with van der Waals surface area (Å²) in [6, 6.07) is 0. The molecule has 0 N–H and O–H groups in total. The molecule has 0 amide bonds. The number of thiazole rings is 1. The SMILES string of the molecule is CCOCc1nc(C(=O)OCC)cs1. The fraction of sp³-hybridized carbons (Fsp3) is 0.556. The highest BCUT2D eigenvalue weighted by Gasteiger charge is 2.10. The van der Waals surface area contributed by atoms with Crippen molar-refractivity contribution >= 4 is 17.3 Å². The topological polar surface area (TPSA) is 48.4 Å². The second-order valence-electron chi connectivity index (χ2n) is 2.48. The van der Waals surface area contributed by atoms with Crippen molar-refractivity contribution in [3.8, 4) is 0 Å². The third-order valence-corrected chi connectivity index (χ3v) is 2.29. The summed E-state index contributed by atoms with van der Waals surface area (Å²) in [5, 5.41) is 2.49. The quantitative estimate of drug-likeness (QED) is 0.703. The molecule has 4 nitrogen and oxygen atoms in total. The van der Waals surface area contributed by atoms with Gasteiger partial charge in [-0.25, -0.2) is 9.78 Å². The van der Waals surface area contributed by atoms with E-state index in [4.69, 9.17) is 9.47 Å². The second kappa shape index (κ2) is 5.72. The minimum atomic E-state index is -0.369. The first kappa shape index (κ1) is 11.1. The molecule has 0 aliphatic carbocycles. The van der Waals surface area contributed by atoms with Gasteiger partial charge in [0.2, 0.25) is 0 Å². The van der Waals surface area contributed by atoms with Gasteiger partial charge in [0.05, 0.1) is 13.2 Å². The molecule has 0 fully saturated rings. The molecule has 0 unspecified atom stereocenters. The lowest BCUT2D eigenvalue weighted by atomic mass is 10.5. The Bertz CT molecular complexity index is 298. The Morgan fingerprint density at radius 2 is 2.29 bits per heavy atom. The highest BCUT2D eigenvalue weighted by molar-refractivity contribution is 7.09. The molecule has 0 aliphatic rings. The number of carbonyl (C=O) groups is 1. The third-order valence-electron chi connectivity index (χ3n) is 1.47. The molecule has 1 aromatic heterocycles. The summed E-state index contributed by atoms with van der Waals surface area (Å²) in [5.74, 6) is -0.369. The van der Waals surface area contributed by atoms with Gasteiger partial charge in [0.15, 0.2) is 5.69 Å². The number of carbonyl (C=O) groups excluding carboxylic acids is 1. The van der Waals surface area contributed by atoms with Gasteiger partial charge >= 0.3 is 5.97 Å². The molecule has 78 valence electrons. The minimum Gasteiger partial charge on any atom is -0.461 e. The number of esters is 1. The fourth-order valence-corrected chi connectivity index (χ4v) is 1.56. The van der Waals surface area contributed by atoms with Crippen LogP contribution in [0.3, 0.4) is 0 Å². The Labute approximate surface area is 86.9 Å². The molecule has 14 heavy (non-hydrogen) atoms. The number of nitrogens with zero attached hydrogens (tertiary/aromatic N) is 1. The van der Waals surface area contributed by atoms with Gasteiger partial charge in [-0.3, -0.25) is 0 Å². The monoisotopic (exact) mass is 215 g/mol. The van der Waals surface area contributed by atoms with E-state index in [0.29, 0.717) is 25.5 Å². The van der Waals surface area contributed by atoms with Crippen LogP contribution in [0, 0.1) is 0 Å². The lowest BCUT2D eigenvalue weighted by molar-refractivity contribution is 0.0519. The van der Waals surface area contributed by atoms with Gasteiger partial charge in [-0.05, 0) is 13.8 Å². The van der Waals surface area contributed by atoms with Crippen molar-refractivity contribution in [1.29, 1.82) is 0 Å². The molecular formula is C9H13NO3S. The van der Waals surface area contributed by atoms with Crippen molar-refractivity contribution in [2.24, 2.45) is 0 Å². The molecule has 0 saturated heterocycles. The molecule has 1 heterocycles. The highest BCUT2D eigenvalue weighted by Crippen LogP contribution is 2.11. The van der Waals surface area contributed by atoms with Crippen molar-refractivity contribution in [3.63, 3.8) is 0 Å². The normalized spacial score (nSPS) is 10.1. The predicted molar refractivity (Wildman–Crippen MR) is 53.4 cm³/mol. The standard InChI is InChI=1S/C9H13NO3S/c1-3-12-5-8-10-7(6-14-8)9(11)13-4-2/h6H,3-5H2,1-2H3. The number of aromatic nitrogens is 1. The van der Waals surface area contributed by atoms with Crippen LogP contribution < -0.4 is 0 Å². The first-order valence-corrected chi connectivity index (χ1v) is 5.35. The summed E-state index contributed by atoms with van der Waals surface area (Å²) in [6.45, 7) is 5.16. The zero-order valence-corrected chi connectivity index (χ0v) is 9.10. The number of rotatable bonds is 5. The van der Waals surface area contributed by atoms with Gasteiger partial charge in [0.1, 0.15) is 5.01 Å². The average molecular weight is 215 g/mol. The Kier molecular flexibility index (Phi) is 4.55. The van der Waals surface area contributed by atoms with E-state index in [1.807, 2.05) is 6.92 Å². The maximum absolute atomic E-state index is 11.2. The smallest absolute Gasteiger partial charge is 0.357 e. The number of hydrogen-bond donors (Lipinski definition) is 0. The van der Waals surface area contributed by atoms with Gasteiger partial charge in [-0.15, -0.1) is 11.3 Å². The molecular weight excluding hydrogens is 202 g/mol. The maximum Gasteiger partial charge on any atom is 0.357 e.